The van der Waals surface area contributed by atoms with Crippen LogP contribution in [0.3, 0.4) is 0 Å². The molecule has 0 aromatic heterocycles. The minimum Gasteiger partial charge on any atom is -0.348 e. The molecule has 1 heterocycles. The highest BCUT2D eigenvalue weighted by Crippen LogP contribution is 2.16. The van der Waals surface area contributed by atoms with Crippen molar-refractivity contribution in [1.82, 2.24) is 15.5 Å². The molecule has 1 aliphatic rings. The van der Waals surface area contributed by atoms with E-state index in [1.54, 1.807) is 25.1 Å². The summed E-state index contributed by atoms with van der Waals surface area (Å²) in [6.07, 6.45) is 0. The Balaban J connectivity index is 1.95. The zero-order valence-corrected chi connectivity index (χ0v) is 12.0. The van der Waals surface area contributed by atoms with Crippen molar-refractivity contribution in [2.75, 3.05) is 26.2 Å². The highest BCUT2D eigenvalue weighted by atomic mass is 19.1. The molecule has 2 rings (SSSR count). The second kappa shape index (κ2) is 6.81. The summed E-state index contributed by atoms with van der Waals surface area (Å²) in [5.41, 5.74) is 0.522. The van der Waals surface area contributed by atoms with Crippen LogP contribution in [0.5, 0.6) is 0 Å². The number of hydrogen-bond donors (Lipinski definition) is 2. The van der Waals surface area contributed by atoms with E-state index in [1.807, 2.05) is 6.92 Å². The average molecular weight is 279 g/mol. The van der Waals surface area contributed by atoms with Crippen molar-refractivity contribution in [3.63, 3.8) is 0 Å². The van der Waals surface area contributed by atoms with Crippen molar-refractivity contribution in [2.24, 2.45) is 0 Å². The van der Waals surface area contributed by atoms with Crippen molar-refractivity contribution >= 4 is 5.91 Å². The third-order valence-electron chi connectivity index (χ3n) is 3.81. The van der Waals surface area contributed by atoms with Crippen LogP contribution in [0.4, 0.5) is 4.39 Å². The number of hydrogen-bond acceptors (Lipinski definition) is 3. The van der Waals surface area contributed by atoms with Crippen molar-refractivity contribution in [1.29, 1.82) is 0 Å². The predicted molar refractivity (Wildman–Crippen MR) is 76.9 cm³/mol. The van der Waals surface area contributed by atoms with Gasteiger partial charge in [-0.1, -0.05) is 18.2 Å². The Morgan fingerprint density at radius 2 is 1.95 bits per heavy atom. The van der Waals surface area contributed by atoms with Crippen molar-refractivity contribution < 1.29 is 9.18 Å². The molecule has 1 aromatic carbocycles. The number of halogens is 1. The van der Waals surface area contributed by atoms with Crippen molar-refractivity contribution in [2.45, 2.75) is 25.9 Å². The molecule has 0 aliphatic carbocycles. The summed E-state index contributed by atoms with van der Waals surface area (Å²) in [7, 11) is 0. The first-order valence-electron chi connectivity index (χ1n) is 7.09. The van der Waals surface area contributed by atoms with E-state index < -0.39 is 0 Å². The molecule has 1 amide bonds. The molecule has 20 heavy (non-hydrogen) atoms. The fourth-order valence-electron chi connectivity index (χ4n) is 2.47. The third kappa shape index (κ3) is 3.55. The molecule has 2 N–H and O–H groups in total. The molecule has 5 heteroatoms. The quantitative estimate of drug-likeness (QED) is 0.873. The lowest BCUT2D eigenvalue weighted by molar-refractivity contribution is -0.126. The Morgan fingerprint density at radius 3 is 2.60 bits per heavy atom. The van der Waals surface area contributed by atoms with Crippen LogP contribution >= 0.6 is 0 Å². The zero-order chi connectivity index (χ0) is 14.5. The first kappa shape index (κ1) is 14.9. The lowest BCUT2D eigenvalue weighted by atomic mass is 10.1. The first-order chi connectivity index (χ1) is 9.59. The topological polar surface area (TPSA) is 44.4 Å². The Hall–Kier alpha value is -1.46. The van der Waals surface area contributed by atoms with Gasteiger partial charge in [-0.3, -0.25) is 9.69 Å². The number of carbonyl (C=O) groups is 1. The van der Waals surface area contributed by atoms with Gasteiger partial charge in [-0.05, 0) is 19.9 Å². The number of nitrogens with one attached hydrogen (secondary N) is 2. The van der Waals surface area contributed by atoms with Gasteiger partial charge in [0.05, 0.1) is 12.1 Å². The number of nitrogens with zero attached hydrogens (tertiary/aromatic N) is 1. The SMILES string of the molecule is CC(NC(=O)C(C)N1CCNCC1)c1ccccc1F. The maximum Gasteiger partial charge on any atom is 0.237 e. The molecule has 4 nitrogen and oxygen atoms in total. The van der Waals surface area contributed by atoms with E-state index >= 15 is 0 Å². The molecule has 0 radical (unpaired) electrons. The van der Waals surface area contributed by atoms with Gasteiger partial charge in [0.1, 0.15) is 5.82 Å². The summed E-state index contributed by atoms with van der Waals surface area (Å²) in [5, 5.41) is 6.15. The lowest BCUT2D eigenvalue weighted by Crippen LogP contribution is -2.52. The van der Waals surface area contributed by atoms with Crippen LogP contribution in [0.25, 0.3) is 0 Å². The fourth-order valence-corrected chi connectivity index (χ4v) is 2.47. The highest BCUT2D eigenvalue weighted by Gasteiger charge is 2.24. The fraction of sp³-hybridized carbons (Fsp3) is 0.533. The van der Waals surface area contributed by atoms with Crippen LogP contribution < -0.4 is 10.6 Å². The maximum atomic E-state index is 13.7. The van der Waals surface area contributed by atoms with E-state index in [2.05, 4.69) is 15.5 Å². The van der Waals surface area contributed by atoms with E-state index in [9.17, 15) is 9.18 Å². The van der Waals surface area contributed by atoms with E-state index in [0.29, 0.717) is 5.56 Å². The van der Waals surface area contributed by atoms with E-state index in [4.69, 9.17) is 0 Å². The Labute approximate surface area is 119 Å². The molecule has 0 bridgehead atoms. The van der Waals surface area contributed by atoms with E-state index in [1.165, 1.54) is 6.07 Å². The summed E-state index contributed by atoms with van der Waals surface area (Å²) in [4.78, 5) is 14.4. The van der Waals surface area contributed by atoms with Gasteiger partial charge in [0.25, 0.3) is 0 Å². The summed E-state index contributed by atoms with van der Waals surface area (Å²) in [5.74, 6) is -0.335. The van der Waals surface area contributed by atoms with Crippen LogP contribution in [0.1, 0.15) is 25.5 Å². The summed E-state index contributed by atoms with van der Waals surface area (Å²) >= 11 is 0. The Kier molecular flexibility index (Phi) is 5.09. The molecule has 1 saturated heterocycles. The smallest absolute Gasteiger partial charge is 0.237 e. The van der Waals surface area contributed by atoms with Gasteiger partial charge in [0, 0.05) is 31.7 Å². The van der Waals surface area contributed by atoms with E-state index in [-0.39, 0.29) is 23.8 Å². The van der Waals surface area contributed by atoms with Gasteiger partial charge >= 0.3 is 0 Å². The van der Waals surface area contributed by atoms with Gasteiger partial charge in [0.2, 0.25) is 5.91 Å². The summed E-state index contributed by atoms with van der Waals surface area (Å²) in [6.45, 7) is 7.24. The molecule has 2 unspecified atom stereocenters. The maximum absolute atomic E-state index is 13.7. The summed E-state index contributed by atoms with van der Waals surface area (Å²) in [6, 6.07) is 6.03. The van der Waals surface area contributed by atoms with Crippen molar-refractivity contribution in [3.8, 4) is 0 Å². The normalized spacial score (nSPS) is 19.4. The van der Waals surface area contributed by atoms with Gasteiger partial charge in [-0.15, -0.1) is 0 Å². The van der Waals surface area contributed by atoms with Crippen molar-refractivity contribution in [3.05, 3.63) is 35.6 Å². The van der Waals surface area contributed by atoms with Crippen LogP contribution in [0, 0.1) is 5.82 Å². The Morgan fingerprint density at radius 1 is 1.30 bits per heavy atom. The largest absolute Gasteiger partial charge is 0.348 e. The lowest BCUT2D eigenvalue weighted by Gasteiger charge is -2.32. The predicted octanol–water partition coefficient (Wildman–Crippen LogP) is 1.30. The van der Waals surface area contributed by atoms with Crippen LogP contribution in [-0.4, -0.2) is 43.0 Å². The van der Waals surface area contributed by atoms with Gasteiger partial charge in [0.15, 0.2) is 0 Å². The minimum atomic E-state index is -0.325. The standard InChI is InChI=1S/C15H22FN3O/c1-11(13-5-3-4-6-14(13)16)18-15(20)12(2)19-9-7-17-8-10-19/h3-6,11-12,17H,7-10H2,1-2H3,(H,18,20). The molecule has 1 aliphatic heterocycles. The molecular formula is C15H22FN3O. The van der Waals surface area contributed by atoms with Crippen LogP contribution in [0.2, 0.25) is 0 Å². The average Bonchev–Trinajstić information content (AvgIpc) is 2.47. The Bertz CT molecular complexity index is 460. The second-order valence-corrected chi connectivity index (χ2v) is 5.21. The molecule has 1 aromatic rings. The monoisotopic (exact) mass is 279 g/mol. The van der Waals surface area contributed by atoms with Crippen LogP contribution in [0.15, 0.2) is 24.3 Å². The molecule has 2 atom stereocenters. The number of carbonyl (C=O) groups excluding carboxylic acids is 1. The van der Waals surface area contributed by atoms with E-state index in [0.717, 1.165) is 26.2 Å². The van der Waals surface area contributed by atoms with Crippen LogP contribution in [-0.2, 0) is 4.79 Å². The molecule has 1 fully saturated rings. The second-order valence-electron chi connectivity index (χ2n) is 5.21. The zero-order valence-electron chi connectivity index (χ0n) is 12.0. The third-order valence-corrected chi connectivity index (χ3v) is 3.81. The van der Waals surface area contributed by atoms with Gasteiger partial charge in [-0.2, -0.15) is 0 Å². The molecule has 0 spiro atoms. The number of piperazine rings is 1. The minimum absolute atomic E-state index is 0.0531. The number of amides is 1. The first-order valence-corrected chi connectivity index (χ1v) is 7.09. The molecule has 0 saturated carbocycles. The highest BCUT2D eigenvalue weighted by molar-refractivity contribution is 5.81. The summed E-state index contributed by atoms with van der Waals surface area (Å²) < 4.78 is 13.7. The number of rotatable bonds is 4. The molecular weight excluding hydrogens is 257 g/mol. The molecule has 110 valence electrons. The number of benzene rings is 1. The van der Waals surface area contributed by atoms with Gasteiger partial charge < -0.3 is 10.6 Å². The van der Waals surface area contributed by atoms with Gasteiger partial charge in [-0.25, -0.2) is 4.39 Å².